The smallest absolute Gasteiger partial charge is 0.303 e. The fraction of sp³-hybridized carbons (Fsp3) is 0.421. The van der Waals surface area contributed by atoms with Gasteiger partial charge in [-0.15, -0.1) is 0 Å². The zero-order valence-electron chi connectivity index (χ0n) is 17.1. The number of pyridine rings is 1. The van der Waals surface area contributed by atoms with Crippen molar-refractivity contribution in [1.82, 2.24) is 15.0 Å². The van der Waals surface area contributed by atoms with Crippen molar-refractivity contribution in [3.63, 3.8) is 0 Å². The highest BCUT2D eigenvalue weighted by Crippen LogP contribution is 2.33. The van der Waals surface area contributed by atoms with Crippen molar-refractivity contribution in [2.24, 2.45) is 11.0 Å². The first-order valence-electron chi connectivity index (χ1n) is 9.25. The summed E-state index contributed by atoms with van der Waals surface area (Å²) in [6, 6.07) is 3.15. The van der Waals surface area contributed by atoms with Gasteiger partial charge < -0.3 is 15.4 Å². The minimum Gasteiger partial charge on any atom is -0.384 e. The highest BCUT2D eigenvalue weighted by atomic mass is 19.3. The average molecular weight is 419 g/mol. The number of methoxy groups -OCH3 is 1. The van der Waals surface area contributed by atoms with E-state index in [9.17, 15) is 13.6 Å². The van der Waals surface area contributed by atoms with E-state index in [0.717, 1.165) is 6.92 Å². The molecule has 30 heavy (non-hydrogen) atoms. The number of carbonyl (C=O) groups excluding carboxylic acids is 1. The van der Waals surface area contributed by atoms with Crippen LogP contribution in [-0.4, -0.2) is 47.3 Å². The highest BCUT2D eigenvalue weighted by molar-refractivity contribution is 5.89. The first-order valence-corrected chi connectivity index (χ1v) is 9.25. The molecule has 0 spiro atoms. The number of ether oxygens (including phenoxy) is 1. The zero-order chi connectivity index (χ0) is 21.9. The number of hydrogen-bond donors (Lipinski definition) is 2. The molecule has 0 aromatic carbocycles. The lowest BCUT2D eigenvalue weighted by atomic mass is 10.2. The van der Waals surface area contributed by atoms with Gasteiger partial charge in [0, 0.05) is 50.9 Å². The van der Waals surface area contributed by atoms with Gasteiger partial charge in [0.15, 0.2) is 0 Å². The molecule has 1 aliphatic rings. The molecule has 11 heteroatoms. The van der Waals surface area contributed by atoms with E-state index in [1.807, 2.05) is 0 Å². The number of anilines is 4. The van der Waals surface area contributed by atoms with Gasteiger partial charge in [0.2, 0.25) is 11.7 Å². The van der Waals surface area contributed by atoms with Crippen molar-refractivity contribution >= 4 is 35.1 Å². The molecule has 0 radical (unpaired) electrons. The predicted molar refractivity (Wildman–Crippen MR) is 109 cm³/mol. The molecular weight excluding hydrogens is 396 g/mol. The van der Waals surface area contributed by atoms with Gasteiger partial charge in [0.05, 0.1) is 25.0 Å². The Bertz CT molecular complexity index is 962. The first-order chi connectivity index (χ1) is 14.2. The van der Waals surface area contributed by atoms with Crippen LogP contribution in [0.1, 0.15) is 25.4 Å². The van der Waals surface area contributed by atoms with E-state index in [2.05, 4.69) is 30.7 Å². The fourth-order valence-corrected chi connectivity index (χ4v) is 2.93. The SMILES string of the molecule is COCC1C=NN(c2cnc(NC(C)=O)cc2Nc2cc(C)nc(C(C)(F)F)n2)C1. The summed E-state index contributed by atoms with van der Waals surface area (Å²) >= 11 is 0. The molecule has 160 valence electrons. The summed E-state index contributed by atoms with van der Waals surface area (Å²) in [5.41, 5.74) is 1.48. The van der Waals surface area contributed by atoms with Crippen LogP contribution in [0.25, 0.3) is 0 Å². The van der Waals surface area contributed by atoms with Crippen molar-refractivity contribution in [3.05, 3.63) is 29.8 Å². The number of amides is 1. The van der Waals surface area contributed by atoms with Gasteiger partial charge in [-0.05, 0) is 6.92 Å². The Morgan fingerprint density at radius 3 is 2.77 bits per heavy atom. The van der Waals surface area contributed by atoms with Crippen LogP contribution in [0.4, 0.5) is 31.8 Å². The Labute approximate surface area is 172 Å². The maximum absolute atomic E-state index is 13.8. The fourth-order valence-electron chi connectivity index (χ4n) is 2.93. The topological polar surface area (TPSA) is 105 Å². The number of hydrogen-bond acceptors (Lipinski definition) is 8. The van der Waals surface area contributed by atoms with Crippen LogP contribution in [0.15, 0.2) is 23.4 Å². The Morgan fingerprint density at radius 1 is 1.33 bits per heavy atom. The number of aryl methyl sites for hydroxylation is 1. The highest BCUT2D eigenvalue weighted by Gasteiger charge is 2.29. The number of carbonyl (C=O) groups is 1. The minimum atomic E-state index is -3.18. The van der Waals surface area contributed by atoms with Crippen molar-refractivity contribution in [3.8, 4) is 0 Å². The van der Waals surface area contributed by atoms with Crippen molar-refractivity contribution < 1.29 is 18.3 Å². The van der Waals surface area contributed by atoms with Gasteiger partial charge in [-0.1, -0.05) is 0 Å². The molecule has 0 saturated carbocycles. The Kier molecular flexibility index (Phi) is 6.20. The molecule has 2 aromatic rings. The molecule has 1 aliphatic heterocycles. The summed E-state index contributed by atoms with van der Waals surface area (Å²) in [4.78, 5) is 23.4. The molecule has 1 amide bonds. The maximum Gasteiger partial charge on any atom is 0.303 e. The number of nitrogens with one attached hydrogen (secondary N) is 2. The van der Waals surface area contributed by atoms with Crippen LogP contribution < -0.4 is 15.6 Å². The second-order valence-corrected chi connectivity index (χ2v) is 7.06. The van der Waals surface area contributed by atoms with E-state index in [-0.39, 0.29) is 17.6 Å². The Hall–Kier alpha value is -3.21. The second-order valence-electron chi connectivity index (χ2n) is 7.06. The monoisotopic (exact) mass is 419 g/mol. The van der Waals surface area contributed by atoms with E-state index in [4.69, 9.17) is 4.74 Å². The number of aromatic nitrogens is 3. The summed E-state index contributed by atoms with van der Waals surface area (Å²) in [6.45, 7) is 4.79. The number of alkyl halides is 2. The van der Waals surface area contributed by atoms with Gasteiger partial charge in [-0.2, -0.15) is 13.9 Å². The Morgan fingerprint density at radius 2 is 2.10 bits per heavy atom. The standard InChI is InChI=1S/C19H23F2N7O2/c1-11-5-17(27-18(24-11)19(3,20)21)26-14-6-16(25-12(2)29)22-8-15(14)28-9-13(7-23-28)10-30-4/h5-8,13H,9-10H2,1-4H3,(H2,22,24,25,26,27,29). The van der Waals surface area contributed by atoms with E-state index in [0.29, 0.717) is 36.0 Å². The lowest BCUT2D eigenvalue weighted by Crippen LogP contribution is -2.22. The Balaban J connectivity index is 1.96. The molecule has 0 saturated heterocycles. The van der Waals surface area contributed by atoms with Crippen LogP contribution in [0.5, 0.6) is 0 Å². The van der Waals surface area contributed by atoms with E-state index < -0.39 is 11.7 Å². The number of nitrogens with zero attached hydrogens (tertiary/aromatic N) is 5. The molecular formula is C19H23F2N7O2. The van der Waals surface area contributed by atoms with Gasteiger partial charge in [0.1, 0.15) is 17.3 Å². The van der Waals surface area contributed by atoms with Crippen molar-refractivity contribution in [1.29, 1.82) is 0 Å². The largest absolute Gasteiger partial charge is 0.384 e. The van der Waals surface area contributed by atoms with E-state index in [1.165, 1.54) is 6.92 Å². The zero-order valence-corrected chi connectivity index (χ0v) is 17.1. The molecule has 0 fully saturated rings. The van der Waals surface area contributed by atoms with Crippen LogP contribution >= 0.6 is 0 Å². The van der Waals surface area contributed by atoms with Crippen molar-refractivity contribution in [2.75, 3.05) is 35.9 Å². The molecule has 9 nitrogen and oxygen atoms in total. The molecule has 1 unspecified atom stereocenters. The average Bonchev–Trinajstić information content (AvgIpc) is 3.09. The molecule has 3 rings (SSSR count). The normalized spacial score (nSPS) is 16.1. The third-order valence-corrected chi connectivity index (χ3v) is 4.18. The summed E-state index contributed by atoms with van der Waals surface area (Å²) in [6.07, 6.45) is 3.32. The maximum atomic E-state index is 13.8. The summed E-state index contributed by atoms with van der Waals surface area (Å²) in [7, 11) is 1.62. The molecule has 0 aliphatic carbocycles. The molecule has 2 aromatic heterocycles. The molecule has 0 bridgehead atoms. The number of hydrazone groups is 1. The van der Waals surface area contributed by atoms with Crippen LogP contribution in [-0.2, 0) is 15.5 Å². The predicted octanol–water partition coefficient (Wildman–Crippen LogP) is 3.06. The van der Waals surface area contributed by atoms with Crippen molar-refractivity contribution in [2.45, 2.75) is 26.7 Å². The first kappa shape index (κ1) is 21.5. The lowest BCUT2D eigenvalue weighted by Gasteiger charge is -2.21. The van der Waals surface area contributed by atoms with Crippen LogP contribution in [0.3, 0.4) is 0 Å². The molecule has 3 heterocycles. The van der Waals surface area contributed by atoms with Crippen LogP contribution in [0, 0.1) is 12.8 Å². The molecule has 2 N–H and O–H groups in total. The number of rotatable bonds is 7. The van der Waals surface area contributed by atoms with E-state index in [1.54, 1.807) is 43.6 Å². The van der Waals surface area contributed by atoms with Gasteiger partial charge in [-0.25, -0.2) is 15.0 Å². The van der Waals surface area contributed by atoms with Gasteiger partial charge >= 0.3 is 5.92 Å². The van der Waals surface area contributed by atoms with Gasteiger partial charge in [-0.3, -0.25) is 9.80 Å². The quantitative estimate of drug-likeness (QED) is 0.711. The second kappa shape index (κ2) is 8.66. The minimum absolute atomic E-state index is 0.101. The lowest BCUT2D eigenvalue weighted by molar-refractivity contribution is -0.114. The summed E-state index contributed by atoms with van der Waals surface area (Å²) in [5, 5.41) is 11.7. The van der Waals surface area contributed by atoms with Gasteiger partial charge in [0.25, 0.3) is 0 Å². The molecule has 1 atom stereocenters. The third kappa shape index (κ3) is 5.23. The summed E-state index contributed by atoms with van der Waals surface area (Å²) in [5.74, 6) is -3.45. The number of halogens is 2. The van der Waals surface area contributed by atoms with Crippen LogP contribution in [0.2, 0.25) is 0 Å². The summed E-state index contributed by atoms with van der Waals surface area (Å²) < 4.78 is 32.7. The third-order valence-electron chi connectivity index (χ3n) is 4.18. The van der Waals surface area contributed by atoms with E-state index >= 15 is 0 Å².